The quantitative estimate of drug-likeness (QED) is 0.627. The van der Waals surface area contributed by atoms with Crippen molar-refractivity contribution in [3.05, 3.63) is 52.6 Å². The molecule has 2 aromatic rings. The maximum absolute atomic E-state index is 9.92. The molecule has 0 saturated heterocycles. The Morgan fingerprint density at radius 2 is 1.73 bits per heavy atom. The number of aliphatic hydroxyl groups is 2. The number of fused-ring (bicyclic) bond motifs is 1. The number of rotatable bonds is 4. The van der Waals surface area contributed by atoms with E-state index in [-0.39, 0.29) is 23.7 Å². The fourth-order valence-corrected chi connectivity index (χ4v) is 3.12. The highest BCUT2D eigenvalue weighted by Gasteiger charge is 2.32. The Hall–Kier alpha value is -2.70. The van der Waals surface area contributed by atoms with Crippen LogP contribution < -0.4 is 9.47 Å². The van der Waals surface area contributed by atoms with E-state index in [4.69, 9.17) is 9.47 Å². The van der Waals surface area contributed by atoms with Gasteiger partial charge in [0.25, 0.3) is 0 Å². The summed E-state index contributed by atoms with van der Waals surface area (Å²) >= 11 is 0. The Kier molecular flexibility index (Phi) is 5.06. The Bertz CT molecular complexity index is 843. The van der Waals surface area contributed by atoms with Gasteiger partial charge in [0.2, 0.25) is 0 Å². The van der Waals surface area contributed by atoms with Gasteiger partial charge in [-0.2, -0.15) is 0 Å². The van der Waals surface area contributed by atoms with Crippen LogP contribution in [0.3, 0.4) is 0 Å². The van der Waals surface area contributed by atoms with E-state index in [1.807, 2.05) is 38.1 Å². The summed E-state index contributed by atoms with van der Waals surface area (Å²) in [5, 5.41) is 38.7. The van der Waals surface area contributed by atoms with E-state index in [1.54, 1.807) is 6.07 Å². The lowest BCUT2D eigenvalue weighted by atomic mass is 9.99. The van der Waals surface area contributed by atoms with Crippen LogP contribution in [0.15, 0.2) is 30.3 Å². The first kappa shape index (κ1) is 18.1. The molecule has 0 aromatic heterocycles. The molecule has 1 aliphatic rings. The molecule has 2 atom stereocenters. The van der Waals surface area contributed by atoms with Crippen molar-refractivity contribution in [3.8, 4) is 23.0 Å². The zero-order valence-electron chi connectivity index (χ0n) is 14.6. The monoisotopic (exact) mass is 358 g/mol. The minimum Gasteiger partial charge on any atom is -0.504 e. The van der Waals surface area contributed by atoms with Gasteiger partial charge in [-0.15, -0.1) is 0 Å². The fourth-order valence-electron chi connectivity index (χ4n) is 3.12. The number of hydrogen-bond donors (Lipinski definition) is 4. The van der Waals surface area contributed by atoms with E-state index in [9.17, 15) is 20.4 Å². The molecule has 0 radical (unpaired) electrons. The third kappa shape index (κ3) is 3.21. The highest BCUT2D eigenvalue weighted by molar-refractivity contribution is 5.60. The molecule has 6 nitrogen and oxygen atoms in total. The summed E-state index contributed by atoms with van der Waals surface area (Å²) in [5.74, 6) is 0.312. The molecule has 26 heavy (non-hydrogen) atoms. The van der Waals surface area contributed by atoms with E-state index in [1.165, 1.54) is 6.07 Å². The molecule has 0 spiro atoms. The number of benzene rings is 2. The Balaban J connectivity index is 2.04. The van der Waals surface area contributed by atoms with Crippen LogP contribution >= 0.6 is 0 Å². The van der Waals surface area contributed by atoms with Crippen molar-refractivity contribution >= 4 is 6.08 Å². The number of phenolic OH excluding ortho intramolecular Hbond substituents is 1. The summed E-state index contributed by atoms with van der Waals surface area (Å²) in [6.45, 7) is 3.13. The third-order valence-electron chi connectivity index (χ3n) is 4.36. The molecule has 0 fully saturated rings. The molecule has 0 unspecified atom stereocenters. The molecule has 6 heteroatoms. The van der Waals surface area contributed by atoms with Crippen molar-refractivity contribution in [2.24, 2.45) is 0 Å². The second-order valence-corrected chi connectivity index (χ2v) is 6.23. The Morgan fingerprint density at radius 1 is 1.00 bits per heavy atom. The largest absolute Gasteiger partial charge is 0.504 e. The van der Waals surface area contributed by atoms with Crippen LogP contribution in [-0.4, -0.2) is 26.5 Å². The predicted octanol–water partition coefficient (Wildman–Crippen LogP) is 3.02. The van der Waals surface area contributed by atoms with Gasteiger partial charge in [-0.05, 0) is 43.7 Å². The van der Waals surface area contributed by atoms with Crippen LogP contribution in [-0.2, 0) is 13.2 Å². The van der Waals surface area contributed by atoms with Gasteiger partial charge in [0, 0.05) is 16.7 Å². The molecule has 138 valence electrons. The second-order valence-electron chi connectivity index (χ2n) is 6.23. The average Bonchev–Trinajstić information content (AvgIpc) is 2.63. The molecule has 0 aliphatic carbocycles. The molecular weight excluding hydrogens is 336 g/mol. The lowest BCUT2D eigenvalue weighted by Gasteiger charge is -2.34. The maximum atomic E-state index is 9.92. The Morgan fingerprint density at radius 3 is 2.38 bits per heavy atom. The first-order valence-corrected chi connectivity index (χ1v) is 8.37. The highest BCUT2D eigenvalue weighted by Crippen LogP contribution is 2.44. The van der Waals surface area contributed by atoms with Crippen molar-refractivity contribution in [1.82, 2.24) is 0 Å². The van der Waals surface area contributed by atoms with Gasteiger partial charge >= 0.3 is 0 Å². The lowest BCUT2D eigenvalue weighted by molar-refractivity contribution is 0.0283. The average molecular weight is 358 g/mol. The minimum absolute atomic E-state index is 0.177. The van der Waals surface area contributed by atoms with Gasteiger partial charge in [-0.1, -0.05) is 12.2 Å². The molecule has 1 aliphatic heterocycles. The van der Waals surface area contributed by atoms with Crippen molar-refractivity contribution in [2.45, 2.75) is 39.3 Å². The van der Waals surface area contributed by atoms with Gasteiger partial charge in [0.1, 0.15) is 6.10 Å². The van der Waals surface area contributed by atoms with Crippen LogP contribution in [0, 0.1) is 0 Å². The summed E-state index contributed by atoms with van der Waals surface area (Å²) in [6, 6.07) is 6.63. The van der Waals surface area contributed by atoms with Gasteiger partial charge in [0.15, 0.2) is 29.1 Å². The zero-order valence-corrected chi connectivity index (χ0v) is 14.6. The molecule has 2 aromatic carbocycles. The zero-order chi connectivity index (χ0) is 18.8. The standard InChI is InChI=1S/C20H22O6/c1-3-4-12-5-15(10-22)20-17(6-12)26-19(11(2)25-20)13-7-14(9-21)18(24)16(23)8-13/h3-8,11,19,21-24H,9-10H2,1-2H3/b4-3+/t11-,19+/m0/s1. The van der Waals surface area contributed by atoms with E-state index in [2.05, 4.69) is 0 Å². The molecule has 1 heterocycles. The number of aliphatic hydroxyl groups excluding tert-OH is 2. The van der Waals surface area contributed by atoms with E-state index in [0.29, 0.717) is 22.6 Å². The normalized spacial score (nSPS) is 19.1. The molecule has 0 bridgehead atoms. The fraction of sp³-hybridized carbons (Fsp3) is 0.300. The van der Waals surface area contributed by atoms with Gasteiger partial charge in [-0.3, -0.25) is 0 Å². The topological polar surface area (TPSA) is 99.4 Å². The number of hydrogen-bond acceptors (Lipinski definition) is 6. The predicted molar refractivity (Wildman–Crippen MR) is 96.2 cm³/mol. The van der Waals surface area contributed by atoms with Crippen LogP contribution in [0.25, 0.3) is 6.08 Å². The maximum Gasteiger partial charge on any atom is 0.167 e. The first-order chi connectivity index (χ1) is 12.5. The number of aromatic hydroxyl groups is 2. The summed E-state index contributed by atoms with van der Waals surface area (Å²) < 4.78 is 12.1. The molecule has 0 saturated carbocycles. The van der Waals surface area contributed by atoms with Gasteiger partial charge in [-0.25, -0.2) is 0 Å². The van der Waals surface area contributed by atoms with Crippen LogP contribution in [0.1, 0.15) is 42.2 Å². The number of allylic oxidation sites excluding steroid dienone is 1. The smallest absolute Gasteiger partial charge is 0.167 e. The first-order valence-electron chi connectivity index (χ1n) is 8.37. The van der Waals surface area contributed by atoms with Crippen LogP contribution in [0.4, 0.5) is 0 Å². The minimum atomic E-state index is -0.549. The SMILES string of the molecule is C/C=C/c1cc(CO)c2c(c1)O[C@@H](c1cc(O)c(O)c(CO)c1)[C@H](C)O2. The van der Waals surface area contributed by atoms with Crippen LogP contribution in [0.2, 0.25) is 0 Å². The highest BCUT2D eigenvalue weighted by atomic mass is 16.6. The molecule has 3 rings (SSSR count). The van der Waals surface area contributed by atoms with Crippen molar-refractivity contribution in [1.29, 1.82) is 0 Å². The van der Waals surface area contributed by atoms with E-state index < -0.39 is 18.8 Å². The Labute approximate surface area is 151 Å². The lowest BCUT2D eigenvalue weighted by Crippen LogP contribution is -2.31. The van der Waals surface area contributed by atoms with Crippen molar-refractivity contribution < 1.29 is 29.9 Å². The summed E-state index contributed by atoms with van der Waals surface area (Å²) in [5.41, 5.74) is 2.28. The van der Waals surface area contributed by atoms with Crippen molar-refractivity contribution in [2.75, 3.05) is 0 Å². The van der Waals surface area contributed by atoms with Crippen molar-refractivity contribution in [3.63, 3.8) is 0 Å². The molecule has 4 N–H and O–H groups in total. The number of phenols is 2. The van der Waals surface area contributed by atoms with Gasteiger partial charge in [0.05, 0.1) is 13.2 Å². The third-order valence-corrected chi connectivity index (χ3v) is 4.36. The second kappa shape index (κ2) is 7.27. The molecule has 0 amide bonds. The van der Waals surface area contributed by atoms with E-state index in [0.717, 1.165) is 5.56 Å². The number of ether oxygens (including phenoxy) is 2. The molecular formula is C20H22O6. The van der Waals surface area contributed by atoms with Gasteiger partial charge < -0.3 is 29.9 Å². The van der Waals surface area contributed by atoms with E-state index >= 15 is 0 Å². The summed E-state index contributed by atoms with van der Waals surface area (Å²) in [7, 11) is 0. The summed E-state index contributed by atoms with van der Waals surface area (Å²) in [4.78, 5) is 0. The summed E-state index contributed by atoms with van der Waals surface area (Å²) in [6.07, 6.45) is 2.83. The van der Waals surface area contributed by atoms with Crippen LogP contribution in [0.5, 0.6) is 23.0 Å².